The molecule has 0 radical (unpaired) electrons. The van der Waals surface area contributed by atoms with Crippen LogP contribution in [0.3, 0.4) is 0 Å². The Kier molecular flexibility index (Phi) is 3.53. The van der Waals surface area contributed by atoms with E-state index < -0.39 is 5.97 Å². The van der Waals surface area contributed by atoms with E-state index in [4.69, 9.17) is 4.74 Å². The van der Waals surface area contributed by atoms with Crippen LogP contribution in [0.1, 0.15) is 15.4 Å². The molecule has 7 nitrogen and oxygen atoms in total. The first-order valence-electron chi connectivity index (χ1n) is 6.22. The SMILES string of the molecule is COC(=O)c1nnn(Cc2cccs2)c1-c1cnn(C)c1. The largest absolute Gasteiger partial charge is 0.464 e. The molecule has 0 aliphatic carbocycles. The van der Waals surface area contributed by atoms with Crippen molar-refractivity contribution in [2.45, 2.75) is 6.54 Å². The Labute approximate surface area is 124 Å². The van der Waals surface area contributed by atoms with Gasteiger partial charge in [-0.3, -0.25) is 4.68 Å². The lowest BCUT2D eigenvalue weighted by Gasteiger charge is -2.04. The number of methoxy groups -OCH3 is 1. The van der Waals surface area contributed by atoms with Gasteiger partial charge < -0.3 is 4.74 Å². The molecule has 108 valence electrons. The van der Waals surface area contributed by atoms with Gasteiger partial charge in [0.15, 0.2) is 5.69 Å². The Hall–Kier alpha value is -2.48. The standard InChI is InChI=1S/C13H13N5O2S/c1-17-7-9(6-14-17)12-11(13(19)20-2)15-16-18(12)8-10-4-3-5-21-10/h3-7H,8H2,1-2H3. The molecule has 0 N–H and O–H groups in total. The zero-order valence-electron chi connectivity index (χ0n) is 11.6. The lowest BCUT2D eigenvalue weighted by molar-refractivity contribution is 0.0595. The number of carbonyl (C=O) groups excluding carboxylic acids is 1. The van der Waals surface area contributed by atoms with Crippen molar-refractivity contribution in [3.8, 4) is 11.3 Å². The predicted octanol–water partition coefficient (Wildman–Crippen LogP) is 1.57. The van der Waals surface area contributed by atoms with Crippen LogP contribution in [0, 0.1) is 0 Å². The minimum atomic E-state index is -0.508. The fraction of sp³-hybridized carbons (Fsp3) is 0.231. The lowest BCUT2D eigenvalue weighted by Crippen LogP contribution is -2.06. The topological polar surface area (TPSA) is 74.8 Å². The van der Waals surface area contributed by atoms with Crippen molar-refractivity contribution in [2.24, 2.45) is 7.05 Å². The molecule has 3 rings (SSSR count). The van der Waals surface area contributed by atoms with E-state index in [-0.39, 0.29) is 5.69 Å². The summed E-state index contributed by atoms with van der Waals surface area (Å²) in [5, 5.41) is 14.2. The van der Waals surface area contributed by atoms with Crippen molar-refractivity contribution in [1.82, 2.24) is 24.8 Å². The smallest absolute Gasteiger partial charge is 0.360 e. The summed E-state index contributed by atoms with van der Waals surface area (Å²) in [5.74, 6) is -0.508. The minimum Gasteiger partial charge on any atom is -0.464 e. The van der Waals surface area contributed by atoms with Gasteiger partial charge in [-0.15, -0.1) is 16.4 Å². The highest BCUT2D eigenvalue weighted by Gasteiger charge is 2.23. The summed E-state index contributed by atoms with van der Waals surface area (Å²) < 4.78 is 8.13. The van der Waals surface area contributed by atoms with Crippen LogP contribution in [0.15, 0.2) is 29.9 Å². The molecular formula is C13H13N5O2S. The number of aryl methyl sites for hydroxylation is 1. The zero-order chi connectivity index (χ0) is 14.8. The normalized spacial score (nSPS) is 10.8. The van der Waals surface area contributed by atoms with Gasteiger partial charge in [-0.25, -0.2) is 9.48 Å². The number of esters is 1. The molecule has 0 aliphatic rings. The van der Waals surface area contributed by atoms with Gasteiger partial charge in [-0.05, 0) is 11.4 Å². The van der Waals surface area contributed by atoms with Crippen molar-refractivity contribution in [2.75, 3.05) is 7.11 Å². The maximum atomic E-state index is 11.9. The molecule has 0 fully saturated rings. The second-order valence-corrected chi connectivity index (χ2v) is 5.45. The van der Waals surface area contributed by atoms with Crippen LogP contribution in [0.2, 0.25) is 0 Å². The molecule has 0 spiro atoms. The maximum absolute atomic E-state index is 11.9. The second-order valence-electron chi connectivity index (χ2n) is 4.42. The zero-order valence-corrected chi connectivity index (χ0v) is 12.4. The van der Waals surface area contributed by atoms with Crippen LogP contribution in [0.4, 0.5) is 0 Å². The van der Waals surface area contributed by atoms with E-state index in [9.17, 15) is 4.79 Å². The molecule has 0 aliphatic heterocycles. The van der Waals surface area contributed by atoms with Gasteiger partial charge in [-0.1, -0.05) is 11.3 Å². The third-order valence-corrected chi connectivity index (χ3v) is 3.84. The van der Waals surface area contributed by atoms with Crippen LogP contribution in [-0.2, 0) is 18.3 Å². The third-order valence-electron chi connectivity index (χ3n) is 2.98. The van der Waals surface area contributed by atoms with Crippen LogP contribution in [-0.4, -0.2) is 37.9 Å². The molecule has 0 amide bonds. The van der Waals surface area contributed by atoms with Gasteiger partial charge in [-0.2, -0.15) is 5.10 Å². The van der Waals surface area contributed by atoms with Gasteiger partial charge in [0.05, 0.1) is 19.9 Å². The first-order valence-corrected chi connectivity index (χ1v) is 7.10. The van der Waals surface area contributed by atoms with Gasteiger partial charge in [0, 0.05) is 23.7 Å². The molecule has 3 aromatic heterocycles. The average molecular weight is 303 g/mol. The lowest BCUT2D eigenvalue weighted by atomic mass is 10.2. The average Bonchev–Trinajstić information content (AvgIpc) is 3.19. The maximum Gasteiger partial charge on any atom is 0.360 e. The highest BCUT2D eigenvalue weighted by Crippen LogP contribution is 2.24. The number of thiophene rings is 1. The number of carbonyl (C=O) groups is 1. The summed E-state index contributed by atoms with van der Waals surface area (Å²) in [4.78, 5) is 13.0. The molecule has 21 heavy (non-hydrogen) atoms. The summed E-state index contributed by atoms with van der Waals surface area (Å²) >= 11 is 1.62. The molecule has 0 aromatic carbocycles. The monoisotopic (exact) mass is 303 g/mol. The van der Waals surface area contributed by atoms with E-state index in [1.807, 2.05) is 30.8 Å². The van der Waals surface area contributed by atoms with E-state index in [1.165, 1.54) is 7.11 Å². The first-order chi connectivity index (χ1) is 10.2. The van der Waals surface area contributed by atoms with E-state index in [1.54, 1.807) is 26.9 Å². The predicted molar refractivity (Wildman–Crippen MR) is 77.0 cm³/mol. The van der Waals surface area contributed by atoms with Crippen molar-refractivity contribution in [3.63, 3.8) is 0 Å². The fourth-order valence-corrected chi connectivity index (χ4v) is 2.72. The summed E-state index contributed by atoms with van der Waals surface area (Å²) in [7, 11) is 3.14. The van der Waals surface area contributed by atoms with E-state index >= 15 is 0 Å². The van der Waals surface area contributed by atoms with Crippen LogP contribution >= 0.6 is 11.3 Å². The molecule has 0 unspecified atom stereocenters. The molecule has 3 heterocycles. The van der Waals surface area contributed by atoms with Crippen LogP contribution in [0.25, 0.3) is 11.3 Å². The van der Waals surface area contributed by atoms with Gasteiger partial charge >= 0.3 is 5.97 Å². The van der Waals surface area contributed by atoms with Crippen molar-refractivity contribution < 1.29 is 9.53 Å². The van der Waals surface area contributed by atoms with Gasteiger partial charge in [0.1, 0.15) is 5.69 Å². The molecular weight excluding hydrogens is 290 g/mol. The second kappa shape index (κ2) is 5.49. The Morgan fingerprint density at radius 3 is 2.95 bits per heavy atom. The molecule has 0 saturated heterocycles. The third kappa shape index (κ3) is 2.57. The highest BCUT2D eigenvalue weighted by atomic mass is 32.1. The Balaban J connectivity index is 2.07. The van der Waals surface area contributed by atoms with Crippen molar-refractivity contribution in [1.29, 1.82) is 0 Å². The summed E-state index contributed by atoms with van der Waals surface area (Å²) in [5.41, 5.74) is 1.59. The van der Waals surface area contributed by atoms with Crippen LogP contribution < -0.4 is 0 Å². The Morgan fingerprint density at radius 2 is 2.33 bits per heavy atom. The van der Waals surface area contributed by atoms with Gasteiger partial charge in [0.25, 0.3) is 0 Å². The molecule has 3 aromatic rings. The summed E-state index contributed by atoms with van der Waals surface area (Å²) in [6, 6.07) is 3.99. The number of aromatic nitrogens is 5. The van der Waals surface area contributed by atoms with E-state index in [2.05, 4.69) is 15.4 Å². The summed E-state index contributed by atoms with van der Waals surface area (Å²) in [6.07, 6.45) is 3.49. The number of hydrogen-bond acceptors (Lipinski definition) is 6. The minimum absolute atomic E-state index is 0.196. The van der Waals surface area contributed by atoms with Crippen LogP contribution in [0.5, 0.6) is 0 Å². The highest BCUT2D eigenvalue weighted by molar-refractivity contribution is 7.09. The van der Waals surface area contributed by atoms with Crippen molar-refractivity contribution >= 4 is 17.3 Å². The van der Waals surface area contributed by atoms with E-state index in [0.717, 1.165) is 10.4 Å². The Morgan fingerprint density at radius 1 is 1.48 bits per heavy atom. The molecule has 0 saturated carbocycles. The number of ether oxygens (including phenoxy) is 1. The molecule has 0 bridgehead atoms. The quantitative estimate of drug-likeness (QED) is 0.684. The fourth-order valence-electron chi connectivity index (χ4n) is 2.04. The summed E-state index contributed by atoms with van der Waals surface area (Å²) in [6.45, 7) is 0.548. The number of rotatable bonds is 4. The first kappa shape index (κ1) is 13.5. The number of hydrogen-bond donors (Lipinski definition) is 0. The van der Waals surface area contributed by atoms with E-state index in [0.29, 0.717) is 12.2 Å². The number of nitrogens with zero attached hydrogens (tertiary/aromatic N) is 5. The Bertz CT molecular complexity index is 759. The molecule has 0 atom stereocenters. The van der Waals surface area contributed by atoms with Gasteiger partial charge in [0.2, 0.25) is 0 Å². The van der Waals surface area contributed by atoms with Crippen molar-refractivity contribution in [3.05, 3.63) is 40.5 Å². The molecule has 8 heteroatoms.